The van der Waals surface area contributed by atoms with Crippen molar-refractivity contribution >= 4 is 28.8 Å². The number of carbonyl (C=O) groups excluding carboxylic acids is 1. The van der Waals surface area contributed by atoms with Crippen molar-refractivity contribution in [3.8, 4) is 6.07 Å². The molecule has 0 unspecified atom stereocenters. The van der Waals surface area contributed by atoms with Gasteiger partial charge in [-0.15, -0.1) is 0 Å². The van der Waals surface area contributed by atoms with Gasteiger partial charge in [-0.25, -0.2) is 4.98 Å². The lowest BCUT2D eigenvalue weighted by Crippen LogP contribution is -2.29. The average molecular weight is 275 g/mol. The van der Waals surface area contributed by atoms with Crippen LogP contribution in [0.1, 0.15) is 6.42 Å². The number of oxazole rings is 1. The molecule has 98 valence electrons. The Bertz CT molecular complexity index is 585. The number of hydrogen-bond donors (Lipinski definition) is 0. The van der Waals surface area contributed by atoms with E-state index in [0.717, 1.165) is 11.1 Å². The predicted octanol–water partition coefficient (Wildman–Crippen LogP) is 2.29. The van der Waals surface area contributed by atoms with Crippen molar-refractivity contribution in [1.29, 1.82) is 5.26 Å². The second kappa shape index (κ2) is 6.25. The largest absolute Gasteiger partial charge is 0.431 e. The van der Waals surface area contributed by atoms with E-state index in [2.05, 4.69) is 4.98 Å². The highest BCUT2D eigenvalue weighted by molar-refractivity contribution is 7.99. The number of rotatable bonds is 5. The molecule has 1 amide bonds. The number of thioether (sulfide) groups is 1. The fourth-order valence-electron chi connectivity index (χ4n) is 1.49. The molecule has 5 nitrogen and oxygen atoms in total. The molecule has 1 aromatic heterocycles. The monoisotopic (exact) mass is 275 g/mol. The maximum Gasteiger partial charge on any atom is 0.257 e. The summed E-state index contributed by atoms with van der Waals surface area (Å²) in [6, 6.07) is 9.49. The summed E-state index contributed by atoms with van der Waals surface area (Å²) in [5.41, 5.74) is 1.51. The molecule has 0 bridgehead atoms. The Morgan fingerprint density at radius 1 is 1.53 bits per heavy atom. The Labute approximate surface area is 115 Å². The first-order valence-corrected chi connectivity index (χ1v) is 6.78. The van der Waals surface area contributed by atoms with Crippen molar-refractivity contribution in [1.82, 2.24) is 9.88 Å². The first-order chi connectivity index (χ1) is 9.20. The normalized spacial score (nSPS) is 10.3. The van der Waals surface area contributed by atoms with Crippen LogP contribution in [-0.2, 0) is 4.79 Å². The van der Waals surface area contributed by atoms with Gasteiger partial charge in [-0.1, -0.05) is 23.9 Å². The maximum atomic E-state index is 11.8. The van der Waals surface area contributed by atoms with E-state index in [1.54, 1.807) is 11.9 Å². The summed E-state index contributed by atoms with van der Waals surface area (Å²) >= 11 is 1.26. The molecule has 0 aliphatic heterocycles. The van der Waals surface area contributed by atoms with Crippen LogP contribution >= 0.6 is 11.8 Å². The number of carbonyl (C=O) groups is 1. The summed E-state index contributed by atoms with van der Waals surface area (Å²) in [7, 11) is 1.69. The van der Waals surface area contributed by atoms with Gasteiger partial charge in [0.25, 0.3) is 5.22 Å². The lowest BCUT2D eigenvalue weighted by atomic mass is 10.3. The van der Waals surface area contributed by atoms with Crippen molar-refractivity contribution in [2.45, 2.75) is 11.6 Å². The second-order valence-electron chi connectivity index (χ2n) is 3.96. The Morgan fingerprint density at radius 3 is 3.05 bits per heavy atom. The zero-order valence-corrected chi connectivity index (χ0v) is 11.3. The zero-order chi connectivity index (χ0) is 13.7. The highest BCUT2D eigenvalue weighted by Gasteiger charge is 2.12. The van der Waals surface area contributed by atoms with Crippen LogP contribution in [0, 0.1) is 11.3 Å². The molecule has 0 aliphatic rings. The molecule has 0 atom stereocenters. The molecule has 0 saturated heterocycles. The van der Waals surface area contributed by atoms with Gasteiger partial charge >= 0.3 is 0 Å². The Kier molecular flexibility index (Phi) is 4.42. The number of hydrogen-bond acceptors (Lipinski definition) is 5. The molecular weight excluding hydrogens is 262 g/mol. The average Bonchev–Trinajstić information content (AvgIpc) is 2.84. The van der Waals surface area contributed by atoms with E-state index in [1.165, 1.54) is 11.8 Å². The van der Waals surface area contributed by atoms with E-state index in [4.69, 9.17) is 9.68 Å². The van der Waals surface area contributed by atoms with Gasteiger partial charge in [0.15, 0.2) is 5.58 Å². The summed E-state index contributed by atoms with van der Waals surface area (Å²) in [6.07, 6.45) is 0.343. The molecule has 1 heterocycles. The van der Waals surface area contributed by atoms with Crippen molar-refractivity contribution < 1.29 is 9.21 Å². The van der Waals surface area contributed by atoms with Gasteiger partial charge < -0.3 is 9.32 Å². The SMILES string of the molecule is CN(CCC#N)C(=O)CSc1nc2ccccc2o1. The molecule has 0 saturated carbocycles. The van der Waals surface area contributed by atoms with E-state index in [0.29, 0.717) is 18.2 Å². The number of nitriles is 1. The molecule has 0 N–H and O–H groups in total. The lowest BCUT2D eigenvalue weighted by Gasteiger charge is -2.14. The minimum Gasteiger partial charge on any atom is -0.431 e. The van der Waals surface area contributed by atoms with Gasteiger partial charge in [0.05, 0.1) is 18.2 Å². The molecule has 2 aromatic rings. The molecule has 19 heavy (non-hydrogen) atoms. The van der Waals surface area contributed by atoms with Gasteiger partial charge in [-0.3, -0.25) is 4.79 Å². The van der Waals surface area contributed by atoms with Crippen molar-refractivity contribution in [3.05, 3.63) is 24.3 Å². The number of nitrogens with zero attached hydrogens (tertiary/aromatic N) is 3. The number of para-hydroxylation sites is 2. The van der Waals surface area contributed by atoms with E-state index in [-0.39, 0.29) is 11.7 Å². The first-order valence-electron chi connectivity index (χ1n) is 5.80. The summed E-state index contributed by atoms with van der Waals surface area (Å²) in [4.78, 5) is 17.6. The smallest absolute Gasteiger partial charge is 0.257 e. The number of fused-ring (bicyclic) bond motifs is 1. The van der Waals surface area contributed by atoms with Crippen LogP contribution in [0.4, 0.5) is 0 Å². The Morgan fingerprint density at radius 2 is 2.32 bits per heavy atom. The van der Waals surface area contributed by atoms with E-state index in [1.807, 2.05) is 30.3 Å². The van der Waals surface area contributed by atoms with Crippen molar-refractivity contribution in [3.63, 3.8) is 0 Å². The molecule has 0 spiro atoms. The van der Waals surface area contributed by atoms with Gasteiger partial charge in [-0.05, 0) is 12.1 Å². The maximum absolute atomic E-state index is 11.8. The third-order valence-electron chi connectivity index (χ3n) is 2.58. The summed E-state index contributed by atoms with van der Waals surface area (Å²) in [6.45, 7) is 0.448. The van der Waals surface area contributed by atoms with Crippen molar-refractivity contribution in [2.75, 3.05) is 19.3 Å². The van der Waals surface area contributed by atoms with Crippen molar-refractivity contribution in [2.24, 2.45) is 0 Å². The molecule has 0 aliphatic carbocycles. The number of benzene rings is 1. The van der Waals surface area contributed by atoms with Crippen LogP contribution in [0.15, 0.2) is 33.9 Å². The Hall–Kier alpha value is -2.00. The minimum atomic E-state index is -0.0393. The highest BCUT2D eigenvalue weighted by Crippen LogP contribution is 2.23. The van der Waals surface area contributed by atoms with Crippen LogP contribution in [-0.4, -0.2) is 35.1 Å². The molecule has 6 heteroatoms. The van der Waals surface area contributed by atoms with Crippen LogP contribution in [0.2, 0.25) is 0 Å². The third-order valence-corrected chi connectivity index (χ3v) is 3.39. The lowest BCUT2D eigenvalue weighted by molar-refractivity contribution is -0.127. The first kappa shape index (κ1) is 13.4. The summed E-state index contributed by atoms with van der Waals surface area (Å²) in [5.74, 6) is 0.219. The predicted molar refractivity (Wildman–Crippen MR) is 72.6 cm³/mol. The van der Waals surface area contributed by atoms with E-state index >= 15 is 0 Å². The van der Waals surface area contributed by atoms with Gasteiger partial charge in [0.1, 0.15) is 5.52 Å². The molecule has 0 fully saturated rings. The van der Waals surface area contributed by atoms with E-state index in [9.17, 15) is 4.79 Å². The molecule has 2 rings (SSSR count). The fourth-order valence-corrected chi connectivity index (χ4v) is 2.27. The van der Waals surface area contributed by atoms with E-state index < -0.39 is 0 Å². The Balaban J connectivity index is 1.91. The van der Waals surface area contributed by atoms with Crippen LogP contribution in [0.25, 0.3) is 11.1 Å². The van der Waals surface area contributed by atoms with Gasteiger partial charge in [0.2, 0.25) is 5.91 Å². The molecule has 0 radical (unpaired) electrons. The quantitative estimate of drug-likeness (QED) is 0.783. The zero-order valence-electron chi connectivity index (χ0n) is 10.5. The highest BCUT2D eigenvalue weighted by atomic mass is 32.2. The summed E-state index contributed by atoms with van der Waals surface area (Å²) < 4.78 is 5.51. The second-order valence-corrected chi connectivity index (χ2v) is 4.89. The number of amides is 1. The standard InChI is InChI=1S/C13H13N3O2S/c1-16(8-4-7-14)12(17)9-19-13-15-10-5-2-3-6-11(10)18-13/h2-3,5-6H,4,8-9H2,1H3. The van der Waals surface area contributed by atoms with Crippen LogP contribution in [0.3, 0.4) is 0 Å². The number of aromatic nitrogens is 1. The fraction of sp³-hybridized carbons (Fsp3) is 0.308. The van der Waals surface area contributed by atoms with Gasteiger partial charge in [0, 0.05) is 13.6 Å². The minimum absolute atomic E-state index is 0.0393. The molecule has 1 aromatic carbocycles. The third kappa shape index (κ3) is 3.48. The van der Waals surface area contributed by atoms with Crippen LogP contribution < -0.4 is 0 Å². The summed E-state index contributed by atoms with van der Waals surface area (Å²) in [5, 5.41) is 8.96. The topological polar surface area (TPSA) is 70.1 Å². The van der Waals surface area contributed by atoms with Gasteiger partial charge in [-0.2, -0.15) is 5.26 Å². The molecular formula is C13H13N3O2S. The van der Waals surface area contributed by atoms with Crippen LogP contribution in [0.5, 0.6) is 0 Å².